The highest BCUT2D eigenvalue weighted by atomic mass is 35.5. The number of nitrogens with zero attached hydrogens (tertiary/aromatic N) is 5. The molecule has 0 spiro atoms. The Balaban J connectivity index is 2.20. The SMILES string of the molecule is CC(C)(C#N)CC(=O)c1cc(-c2ccc(Cl)c(F)c2)cc(-n2nnnc2C(C)(C)C)c1. The van der Waals surface area contributed by atoms with E-state index in [9.17, 15) is 14.4 Å². The normalized spacial score (nSPS) is 11.9. The number of hydrogen-bond donors (Lipinski definition) is 0. The lowest BCUT2D eigenvalue weighted by atomic mass is 9.86. The quantitative estimate of drug-likeness (QED) is 0.487. The van der Waals surface area contributed by atoms with Gasteiger partial charge in [-0.25, -0.2) is 4.39 Å². The Morgan fingerprint density at radius 3 is 2.45 bits per heavy atom. The second-order valence-corrected chi connectivity index (χ2v) is 9.56. The van der Waals surface area contributed by atoms with E-state index in [0.717, 1.165) is 0 Å². The first kappa shape index (κ1) is 22.6. The lowest BCUT2D eigenvalue weighted by Crippen LogP contribution is -2.19. The van der Waals surface area contributed by atoms with Gasteiger partial charge in [-0.15, -0.1) is 5.10 Å². The number of rotatable bonds is 5. The van der Waals surface area contributed by atoms with Gasteiger partial charge in [-0.2, -0.15) is 9.94 Å². The predicted octanol–water partition coefficient (Wildman–Crippen LogP) is 5.54. The van der Waals surface area contributed by atoms with E-state index in [2.05, 4.69) is 21.6 Å². The molecule has 160 valence electrons. The standard InChI is InChI=1S/C23H23ClFN5O/c1-22(2,3)21-27-28-29-30(21)17-9-15(14-6-7-18(24)19(25)11-14)8-16(10-17)20(31)12-23(4,5)13-26/h6-11H,12H2,1-5H3. The summed E-state index contributed by atoms with van der Waals surface area (Å²) in [6.45, 7) is 9.37. The molecule has 0 saturated carbocycles. The molecule has 1 heterocycles. The van der Waals surface area contributed by atoms with Crippen molar-refractivity contribution >= 4 is 17.4 Å². The third-order valence-electron chi connectivity index (χ3n) is 4.78. The van der Waals surface area contributed by atoms with Crippen LogP contribution in [0.3, 0.4) is 0 Å². The number of aromatic nitrogens is 4. The minimum Gasteiger partial charge on any atom is -0.294 e. The summed E-state index contributed by atoms with van der Waals surface area (Å²) >= 11 is 5.83. The smallest absolute Gasteiger partial charge is 0.164 e. The molecule has 0 fully saturated rings. The topological polar surface area (TPSA) is 84.5 Å². The summed E-state index contributed by atoms with van der Waals surface area (Å²) in [6, 6.07) is 11.8. The molecule has 2 aromatic carbocycles. The first-order chi connectivity index (χ1) is 14.4. The first-order valence-corrected chi connectivity index (χ1v) is 10.1. The van der Waals surface area contributed by atoms with Gasteiger partial charge in [-0.3, -0.25) is 4.79 Å². The third-order valence-corrected chi connectivity index (χ3v) is 5.09. The zero-order chi connectivity index (χ0) is 23.0. The number of carbonyl (C=O) groups excluding carboxylic acids is 1. The number of benzene rings is 2. The Morgan fingerprint density at radius 2 is 1.84 bits per heavy atom. The molecule has 0 aliphatic carbocycles. The third kappa shape index (κ3) is 4.97. The number of nitriles is 1. The maximum absolute atomic E-state index is 14.1. The Hall–Kier alpha value is -3.11. The number of Topliss-reactive ketones (excluding diaryl/α,β-unsaturated/α-hetero) is 1. The summed E-state index contributed by atoms with van der Waals surface area (Å²) in [5.41, 5.74) is 0.968. The molecule has 0 radical (unpaired) electrons. The van der Waals surface area contributed by atoms with Crippen LogP contribution in [0.1, 0.15) is 57.2 Å². The highest BCUT2D eigenvalue weighted by Crippen LogP contribution is 2.31. The number of tetrazole rings is 1. The van der Waals surface area contributed by atoms with Crippen molar-refractivity contribution in [1.29, 1.82) is 5.26 Å². The van der Waals surface area contributed by atoms with Crippen LogP contribution in [0.5, 0.6) is 0 Å². The van der Waals surface area contributed by atoms with Crippen LogP contribution >= 0.6 is 11.6 Å². The van der Waals surface area contributed by atoms with Crippen LogP contribution in [0.15, 0.2) is 36.4 Å². The molecule has 0 N–H and O–H groups in total. The highest BCUT2D eigenvalue weighted by Gasteiger charge is 2.26. The largest absolute Gasteiger partial charge is 0.294 e. The van der Waals surface area contributed by atoms with Gasteiger partial charge < -0.3 is 0 Å². The molecule has 0 bridgehead atoms. The van der Waals surface area contributed by atoms with E-state index in [1.807, 2.05) is 20.8 Å². The molecule has 31 heavy (non-hydrogen) atoms. The summed E-state index contributed by atoms with van der Waals surface area (Å²) in [5.74, 6) is -0.141. The van der Waals surface area contributed by atoms with Crippen molar-refractivity contribution in [3.8, 4) is 22.9 Å². The summed E-state index contributed by atoms with van der Waals surface area (Å²) in [5, 5.41) is 21.4. The fourth-order valence-electron chi connectivity index (χ4n) is 3.11. The predicted molar refractivity (Wildman–Crippen MR) is 117 cm³/mol. The summed E-state index contributed by atoms with van der Waals surface area (Å²) in [7, 11) is 0. The van der Waals surface area contributed by atoms with Crippen molar-refractivity contribution in [2.24, 2.45) is 5.41 Å². The molecule has 0 aliphatic heterocycles. The zero-order valence-electron chi connectivity index (χ0n) is 18.1. The van der Waals surface area contributed by atoms with Crippen LogP contribution in [0.4, 0.5) is 4.39 Å². The van der Waals surface area contributed by atoms with Crippen molar-refractivity contribution < 1.29 is 9.18 Å². The van der Waals surface area contributed by atoms with Gasteiger partial charge in [-0.05, 0) is 65.7 Å². The van der Waals surface area contributed by atoms with E-state index in [1.54, 1.807) is 42.8 Å². The zero-order valence-corrected chi connectivity index (χ0v) is 18.8. The maximum atomic E-state index is 14.1. The van der Waals surface area contributed by atoms with E-state index in [-0.39, 0.29) is 22.6 Å². The van der Waals surface area contributed by atoms with Gasteiger partial charge >= 0.3 is 0 Å². The van der Waals surface area contributed by atoms with Gasteiger partial charge in [0.2, 0.25) is 0 Å². The molecule has 0 amide bonds. The number of halogens is 2. The maximum Gasteiger partial charge on any atom is 0.164 e. The second-order valence-electron chi connectivity index (χ2n) is 9.16. The van der Waals surface area contributed by atoms with Crippen molar-refractivity contribution in [3.05, 3.63) is 58.6 Å². The van der Waals surface area contributed by atoms with Gasteiger partial charge in [-0.1, -0.05) is 38.4 Å². The molecular weight excluding hydrogens is 417 g/mol. The van der Waals surface area contributed by atoms with Crippen LogP contribution in [0.25, 0.3) is 16.8 Å². The molecule has 0 aliphatic rings. The Bertz CT molecular complexity index is 1190. The highest BCUT2D eigenvalue weighted by molar-refractivity contribution is 6.30. The van der Waals surface area contributed by atoms with Crippen LogP contribution in [-0.2, 0) is 5.41 Å². The van der Waals surface area contributed by atoms with Gasteiger partial charge in [0.1, 0.15) is 5.82 Å². The van der Waals surface area contributed by atoms with Crippen LogP contribution in [0, 0.1) is 22.6 Å². The molecule has 1 aromatic heterocycles. The number of ketones is 1. The lowest BCUT2D eigenvalue weighted by molar-refractivity contribution is 0.0952. The lowest BCUT2D eigenvalue weighted by Gasteiger charge is -2.19. The van der Waals surface area contributed by atoms with Gasteiger partial charge in [0.05, 0.1) is 22.2 Å². The number of hydrogen-bond acceptors (Lipinski definition) is 5. The molecule has 0 saturated heterocycles. The number of carbonyl (C=O) groups is 1. The molecule has 0 unspecified atom stereocenters. The Kier molecular flexibility index (Phi) is 5.97. The van der Waals surface area contributed by atoms with Crippen molar-refractivity contribution in [2.75, 3.05) is 0 Å². The Labute approximate surface area is 185 Å². The van der Waals surface area contributed by atoms with E-state index < -0.39 is 11.2 Å². The molecular formula is C23H23ClFN5O. The van der Waals surface area contributed by atoms with E-state index >= 15 is 0 Å². The molecule has 6 nitrogen and oxygen atoms in total. The Morgan fingerprint density at radius 1 is 1.13 bits per heavy atom. The monoisotopic (exact) mass is 439 g/mol. The average molecular weight is 440 g/mol. The van der Waals surface area contributed by atoms with Gasteiger partial charge in [0, 0.05) is 17.4 Å². The van der Waals surface area contributed by atoms with E-state index in [4.69, 9.17) is 11.6 Å². The fraction of sp³-hybridized carbons (Fsp3) is 0.348. The average Bonchev–Trinajstić information content (AvgIpc) is 3.20. The summed E-state index contributed by atoms with van der Waals surface area (Å²) in [4.78, 5) is 13.0. The minimum atomic E-state index is -0.814. The first-order valence-electron chi connectivity index (χ1n) is 9.75. The second kappa shape index (κ2) is 8.20. The van der Waals surface area contributed by atoms with Crippen LogP contribution in [0.2, 0.25) is 5.02 Å². The minimum absolute atomic E-state index is 0.0162. The molecule has 3 aromatic rings. The van der Waals surface area contributed by atoms with Crippen molar-refractivity contribution in [3.63, 3.8) is 0 Å². The van der Waals surface area contributed by atoms with E-state index in [1.165, 1.54) is 12.1 Å². The van der Waals surface area contributed by atoms with Crippen molar-refractivity contribution in [1.82, 2.24) is 20.2 Å². The molecule has 3 rings (SSSR count). The van der Waals surface area contributed by atoms with Gasteiger partial charge in [0.25, 0.3) is 0 Å². The van der Waals surface area contributed by atoms with Gasteiger partial charge in [0.15, 0.2) is 11.6 Å². The molecule has 0 atom stereocenters. The van der Waals surface area contributed by atoms with Crippen LogP contribution < -0.4 is 0 Å². The molecule has 8 heteroatoms. The van der Waals surface area contributed by atoms with Crippen molar-refractivity contribution in [2.45, 2.75) is 46.5 Å². The van der Waals surface area contributed by atoms with Crippen LogP contribution in [-0.4, -0.2) is 26.0 Å². The summed E-state index contributed by atoms with van der Waals surface area (Å²) in [6.07, 6.45) is 0.0447. The fourth-order valence-corrected chi connectivity index (χ4v) is 3.23. The van der Waals surface area contributed by atoms with E-state index in [0.29, 0.717) is 28.2 Å². The summed E-state index contributed by atoms with van der Waals surface area (Å²) < 4.78 is 15.7.